The van der Waals surface area contributed by atoms with Crippen LogP contribution in [0.2, 0.25) is 0 Å². The average molecular weight is 293 g/mol. The predicted molar refractivity (Wildman–Crippen MR) is 79.2 cm³/mol. The fraction of sp³-hybridized carbons (Fsp3) is 0.214. The highest BCUT2D eigenvalue weighted by molar-refractivity contribution is 7.15. The van der Waals surface area contributed by atoms with Crippen LogP contribution in [-0.2, 0) is 5.88 Å². The van der Waals surface area contributed by atoms with E-state index in [0.717, 1.165) is 27.7 Å². The van der Waals surface area contributed by atoms with Gasteiger partial charge in [-0.1, -0.05) is 12.1 Å². The van der Waals surface area contributed by atoms with Crippen LogP contribution in [0, 0.1) is 0 Å². The first-order valence-electron chi connectivity index (χ1n) is 6.07. The Hall–Kier alpha value is -1.52. The molecule has 5 heteroatoms. The van der Waals surface area contributed by atoms with Crippen LogP contribution < -0.4 is 4.74 Å². The summed E-state index contributed by atoms with van der Waals surface area (Å²) in [6, 6.07) is 8.05. The lowest BCUT2D eigenvalue weighted by molar-refractivity contribution is 0.341. The van der Waals surface area contributed by atoms with Gasteiger partial charge >= 0.3 is 0 Å². The van der Waals surface area contributed by atoms with E-state index in [-0.39, 0.29) is 0 Å². The molecular formula is C14H13ClN2OS. The zero-order chi connectivity index (χ0) is 13.2. The lowest BCUT2D eigenvalue weighted by atomic mass is 10.1. The van der Waals surface area contributed by atoms with Crippen LogP contribution >= 0.6 is 22.9 Å². The van der Waals surface area contributed by atoms with Crippen molar-refractivity contribution >= 4 is 27.9 Å². The van der Waals surface area contributed by atoms with Crippen molar-refractivity contribution in [3.8, 4) is 17.0 Å². The van der Waals surface area contributed by atoms with Crippen molar-refractivity contribution in [1.82, 2.24) is 9.38 Å². The van der Waals surface area contributed by atoms with E-state index in [9.17, 15) is 0 Å². The number of hydrogen-bond donors (Lipinski definition) is 0. The smallest absolute Gasteiger partial charge is 0.194 e. The molecule has 0 fully saturated rings. The minimum atomic E-state index is 0.431. The Labute approximate surface area is 120 Å². The van der Waals surface area contributed by atoms with E-state index in [0.29, 0.717) is 12.5 Å². The summed E-state index contributed by atoms with van der Waals surface area (Å²) < 4.78 is 7.76. The summed E-state index contributed by atoms with van der Waals surface area (Å²) in [4.78, 5) is 5.42. The maximum atomic E-state index is 5.84. The molecule has 2 heterocycles. The van der Waals surface area contributed by atoms with Gasteiger partial charge in [0.05, 0.1) is 23.9 Å². The Morgan fingerprint density at radius 1 is 1.37 bits per heavy atom. The molecule has 0 amide bonds. The zero-order valence-electron chi connectivity index (χ0n) is 10.5. The van der Waals surface area contributed by atoms with Crippen LogP contribution in [0.25, 0.3) is 16.2 Å². The number of benzene rings is 1. The van der Waals surface area contributed by atoms with Gasteiger partial charge in [-0.3, -0.25) is 4.40 Å². The van der Waals surface area contributed by atoms with E-state index in [4.69, 9.17) is 16.3 Å². The normalized spacial score (nSPS) is 11.1. The molecule has 1 aromatic carbocycles. The Bertz CT molecular complexity index is 704. The molecule has 0 unspecified atom stereocenters. The maximum absolute atomic E-state index is 5.84. The van der Waals surface area contributed by atoms with Gasteiger partial charge in [-0.05, 0) is 19.1 Å². The van der Waals surface area contributed by atoms with Crippen molar-refractivity contribution < 1.29 is 4.74 Å². The number of fused-ring (bicyclic) bond motifs is 1. The van der Waals surface area contributed by atoms with E-state index in [1.807, 2.05) is 31.3 Å². The van der Waals surface area contributed by atoms with Crippen molar-refractivity contribution in [3.05, 3.63) is 41.5 Å². The number of halogens is 1. The van der Waals surface area contributed by atoms with Crippen LogP contribution in [0.5, 0.6) is 5.75 Å². The standard InChI is InChI=1S/C14H13ClN2OS/c1-2-18-13-6-4-3-5-11(13)12-9-19-14-16-10(7-15)8-17(12)14/h3-6,8-9H,2,7H2,1H3. The minimum absolute atomic E-state index is 0.431. The summed E-state index contributed by atoms with van der Waals surface area (Å²) in [5.74, 6) is 1.33. The van der Waals surface area contributed by atoms with Gasteiger partial charge in [0.1, 0.15) is 5.75 Å². The molecule has 2 aromatic heterocycles. The lowest BCUT2D eigenvalue weighted by Crippen LogP contribution is -1.94. The van der Waals surface area contributed by atoms with Gasteiger partial charge in [-0.2, -0.15) is 0 Å². The fourth-order valence-electron chi connectivity index (χ4n) is 2.05. The minimum Gasteiger partial charge on any atom is -0.493 e. The first-order chi connectivity index (χ1) is 9.33. The molecule has 0 aliphatic heterocycles. The summed E-state index contributed by atoms with van der Waals surface area (Å²) in [6.45, 7) is 2.64. The third-order valence-electron chi connectivity index (χ3n) is 2.86. The first kappa shape index (κ1) is 12.5. The highest BCUT2D eigenvalue weighted by Gasteiger charge is 2.12. The molecule has 3 rings (SSSR count). The van der Waals surface area contributed by atoms with Crippen LogP contribution in [0.3, 0.4) is 0 Å². The van der Waals surface area contributed by atoms with Crippen molar-refractivity contribution in [2.45, 2.75) is 12.8 Å². The van der Waals surface area contributed by atoms with Crippen molar-refractivity contribution in [1.29, 1.82) is 0 Å². The molecule has 0 bridgehead atoms. The summed E-state index contributed by atoms with van der Waals surface area (Å²) in [7, 11) is 0. The molecule has 0 spiro atoms. The number of ether oxygens (including phenoxy) is 1. The summed E-state index contributed by atoms with van der Waals surface area (Å²) in [5.41, 5.74) is 3.06. The highest BCUT2D eigenvalue weighted by Crippen LogP contribution is 2.33. The number of hydrogen-bond acceptors (Lipinski definition) is 3. The van der Waals surface area contributed by atoms with Gasteiger partial charge in [0.25, 0.3) is 0 Å². The van der Waals surface area contributed by atoms with E-state index in [1.54, 1.807) is 11.3 Å². The van der Waals surface area contributed by atoms with Gasteiger partial charge in [0.15, 0.2) is 4.96 Å². The van der Waals surface area contributed by atoms with Crippen LogP contribution in [0.15, 0.2) is 35.8 Å². The topological polar surface area (TPSA) is 26.5 Å². The second kappa shape index (κ2) is 5.23. The molecule has 0 aliphatic rings. The van der Waals surface area contributed by atoms with Gasteiger partial charge in [0, 0.05) is 17.1 Å². The molecule has 19 heavy (non-hydrogen) atoms. The van der Waals surface area contributed by atoms with Crippen molar-refractivity contribution in [2.75, 3.05) is 6.61 Å². The summed E-state index contributed by atoms with van der Waals surface area (Å²) in [6.07, 6.45) is 1.98. The summed E-state index contributed by atoms with van der Waals surface area (Å²) in [5, 5.41) is 2.10. The van der Waals surface area contributed by atoms with Crippen molar-refractivity contribution in [3.63, 3.8) is 0 Å². The summed E-state index contributed by atoms with van der Waals surface area (Å²) >= 11 is 7.45. The second-order valence-corrected chi connectivity index (χ2v) is 5.17. The molecule has 0 saturated heterocycles. The number of aromatic nitrogens is 2. The van der Waals surface area contributed by atoms with E-state index < -0.39 is 0 Å². The first-order valence-corrected chi connectivity index (χ1v) is 7.48. The molecule has 0 N–H and O–H groups in total. The number of alkyl halides is 1. The average Bonchev–Trinajstić information content (AvgIpc) is 2.99. The number of para-hydroxylation sites is 1. The number of rotatable bonds is 4. The third kappa shape index (κ3) is 2.22. The number of imidazole rings is 1. The third-order valence-corrected chi connectivity index (χ3v) is 3.97. The van der Waals surface area contributed by atoms with Gasteiger partial charge in [-0.25, -0.2) is 4.98 Å². The van der Waals surface area contributed by atoms with Crippen LogP contribution in [-0.4, -0.2) is 16.0 Å². The Kier molecular flexibility index (Phi) is 3.44. The van der Waals surface area contributed by atoms with Crippen LogP contribution in [0.4, 0.5) is 0 Å². The molecule has 0 atom stereocenters. The van der Waals surface area contributed by atoms with Crippen LogP contribution in [0.1, 0.15) is 12.6 Å². The second-order valence-electron chi connectivity index (χ2n) is 4.07. The largest absolute Gasteiger partial charge is 0.493 e. The Morgan fingerprint density at radius 2 is 2.21 bits per heavy atom. The van der Waals surface area contributed by atoms with Crippen molar-refractivity contribution in [2.24, 2.45) is 0 Å². The van der Waals surface area contributed by atoms with E-state index >= 15 is 0 Å². The molecule has 0 saturated carbocycles. The zero-order valence-corrected chi connectivity index (χ0v) is 12.0. The fourth-order valence-corrected chi connectivity index (χ4v) is 3.07. The maximum Gasteiger partial charge on any atom is 0.194 e. The highest BCUT2D eigenvalue weighted by atomic mass is 35.5. The van der Waals surface area contributed by atoms with Gasteiger partial charge < -0.3 is 4.74 Å². The number of thiazole rings is 1. The SMILES string of the molecule is CCOc1ccccc1-c1csc2nc(CCl)cn12. The Balaban J connectivity index is 2.15. The van der Waals surface area contributed by atoms with Gasteiger partial charge in [-0.15, -0.1) is 22.9 Å². The molecule has 98 valence electrons. The van der Waals surface area contributed by atoms with E-state index in [1.165, 1.54) is 0 Å². The number of nitrogens with zero attached hydrogens (tertiary/aromatic N) is 2. The molecule has 3 nitrogen and oxygen atoms in total. The Morgan fingerprint density at radius 3 is 3.00 bits per heavy atom. The molecular weight excluding hydrogens is 280 g/mol. The molecule has 0 aliphatic carbocycles. The van der Waals surface area contributed by atoms with E-state index in [2.05, 4.69) is 20.8 Å². The lowest BCUT2D eigenvalue weighted by Gasteiger charge is -2.08. The molecule has 3 aromatic rings. The molecule has 0 radical (unpaired) electrons. The monoisotopic (exact) mass is 292 g/mol. The van der Waals surface area contributed by atoms with Gasteiger partial charge in [0.2, 0.25) is 0 Å². The predicted octanol–water partition coefficient (Wildman–Crippen LogP) is 4.20. The quantitative estimate of drug-likeness (QED) is 0.674.